The molecule has 0 aromatic carbocycles. The quantitative estimate of drug-likeness (QED) is 0.769. The second-order valence-electron chi connectivity index (χ2n) is 3.92. The average Bonchev–Trinajstić information content (AvgIpc) is 2.16. The van der Waals surface area contributed by atoms with Crippen LogP contribution < -0.4 is 5.32 Å². The predicted octanol–water partition coefficient (Wildman–Crippen LogP) is 1.92. The van der Waals surface area contributed by atoms with Gasteiger partial charge in [0.2, 0.25) is 0 Å². The highest BCUT2D eigenvalue weighted by Gasteiger charge is 2.05. The van der Waals surface area contributed by atoms with E-state index < -0.39 is 0 Å². The van der Waals surface area contributed by atoms with E-state index in [-0.39, 0.29) is 5.75 Å². The Morgan fingerprint density at radius 3 is 2.57 bits per heavy atom. The molecule has 0 aliphatic heterocycles. The van der Waals surface area contributed by atoms with Gasteiger partial charge in [-0.2, -0.15) is 0 Å². The number of rotatable bonds is 4. The fourth-order valence-corrected chi connectivity index (χ4v) is 1.02. The summed E-state index contributed by atoms with van der Waals surface area (Å²) in [6.07, 6.45) is 1.47. The minimum atomic E-state index is 0.214. The first kappa shape index (κ1) is 11.0. The van der Waals surface area contributed by atoms with Gasteiger partial charge in [-0.1, -0.05) is 13.8 Å². The predicted molar refractivity (Wildman–Crippen MR) is 57.0 cm³/mol. The topological polar surface area (TPSA) is 45.1 Å². The molecule has 2 N–H and O–H groups in total. The molecule has 3 nitrogen and oxygen atoms in total. The van der Waals surface area contributed by atoms with Gasteiger partial charge in [-0.15, -0.1) is 0 Å². The number of aromatic nitrogens is 1. The fourth-order valence-electron chi connectivity index (χ4n) is 1.02. The molecular formula is C11H18N2O. The molecule has 1 unspecified atom stereocenters. The van der Waals surface area contributed by atoms with Crippen molar-refractivity contribution in [3.63, 3.8) is 0 Å². The zero-order valence-electron chi connectivity index (χ0n) is 8.99. The minimum absolute atomic E-state index is 0.214. The summed E-state index contributed by atoms with van der Waals surface area (Å²) in [7, 11) is 0. The lowest BCUT2D eigenvalue weighted by atomic mass is 10.1. The first-order valence-corrected chi connectivity index (χ1v) is 4.97. The Labute approximate surface area is 85.2 Å². The minimum Gasteiger partial charge on any atom is -0.506 e. The maximum Gasteiger partial charge on any atom is 0.133 e. The molecule has 1 aromatic heterocycles. The number of nitrogens with zero attached hydrogens (tertiary/aromatic N) is 1. The van der Waals surface area contributed by atoms with Gasteiger partial charge < -0.3 is 10.4 Å². The molecule has 0 radical (unpaired) electrons. The van der Waals surface area contributed by atoms with Crippen LogP contribution in [0.2, 0.25) is 0 Å². The lowest BCUT2D eigenvalue weighted by Crippen LogP contribution is -2.30. The summed E-state index contributed by atoms with van der Waals surface area (Å²) >= 11 is 0. The summed E-state index contributed by atoms with van der Waals surface area (Å²) in [4.78, 5) is 4.10. The van der Waals surface area contributed by atoms with Crippen molar-refractivity contribution in [2.75, 3.05) is 0 Å². The zero-order chi connectivity index (χ0) is 10.6. The molecule has 1 rings (SSSR count). The van der Waals surface area contributed by atoms with E-state index in [9.17, 15) is 0 Å². The lowest BCUT2D eigenvalue weighted by molar-refractivity contribution is 0.423. The average molecular weight is 194 g/mol. The van der Waals surface area contributed by atoms with Crippen LogP contribution in [0.15, 0.2) is 18.3 Å². The van der Waals surface area contributed by atoms with Gasteiger partial charge in [0.15, 0.2) is 0 Å². The first-order valence-electron chi connectivity index (χ1n) is 4.97. The molecule has 0 fully saturated rings. The van der Waals surface area contributed by atoms with Gasteiger partial charge in [0, 0.05) is 12.6 Å². The van der Waals surface area contributed by atoms with E-state index in [1.807, 2.05) is 6.07 Å². The molecule has 0 spiro atoms. The number of aromatic hydroxyl groups is 1. The molecule has 0 bridgehead atoms. The van der Waals surface area contributed by atoms with Crippen LogP contribution in [0, 0.1) is 5.92 Å². The number of hydrogen-bond acceptors (Lipinski definition) is 3. The van der Waals surface area contributed by atoms with Crippen molar-refractivity contribution in [2.24, 2.45) is 5.92 Å². The van der Waals surface area contributed by atoms with E-state index in [2.05, 4.69) is 31.1 Å². The summed E-state index contributed by atoms with van der Waals surface area (Å²) < 4.78 is 0. The maximum absolute atomic E-state index is 9.04. The van der Waals surface area contributed by atoms with Crippen LogP contribution in [0.1, 0.15) is 26.5 Å². The van der Waals surface area contributed by atoms with E-state index in [4.69, 9.17) is 5.11 Å². The van der Waals surface area contributed by atoms with Gasteiger partial charge in [0.25, 0.3) is 0 Å². The monoisotopic (exact) mass is 194 g/mol. The summed E-state index contributed by atoms with van der Waals surface area (Å²) in [6.45, 7) is 7.27. The van der Waals surface area contributed by atoms with Crippen molar-refractivity contribution < 1.29 is 5.11 Å². The van der Waals surface area contributed by atoms with Crippen molar-refractivity contribution in [3.05, 3.63) is 24.0 Å². The van der Waals surface area contributed by atoms with Gasteiger partial charge in [-0.25, -0.2) is 0 Å². The molecule has 3 heteroatoms. The molecular weight excluding hydrogens is 176 g/mol. The Bertz CT molecular complexity index is 269. The highest BCUT2D eigenvalue weighted by Crippen LogP contribution is 2.06. The Hall–Kier alpha value is -1.09. The highest BCUT2D eigenvalue weighted by atomic mass is 16.3. The van der Waals surface area contributed by atoms with Gasteiger partial charge in [-0.3, -0.25) is 4.98 Å². The molecule has 1 atom stereocenters. The summed E-state index contributed by atoms with van der Waals surface area (Å²) in [6, 6.07) is 3.96. The number of pyridine rings is 1. The second kappa shape index (κ2) is 4.96. The Kier molecular flexibility index (Phi) is 3.89. The number of nitrogens with one attached hydrogen (secondary N) is 1. The van der Waals surface area contributed by atoms with Crippen LogP contribution >= 0.6 is 0 Å². The largest absolute Gasteiger partial charge is 0.506 e. The third-order valence-corrected chi connectivity index (χ3v) is 2.41. The molecule has 1 heterocycles. The summed E-state index contributed by atoms with van der Waals surface area (Å²) in [5.74, 6) is 0.831. The van der Waals surface area contributed by atoms with Crippen molar-refractivity contribution >= 4 is 0 Å². The molecule has 0 saturated carbocycles. The summed E-state index contributed by atoms with van der Waals surface area (Å²) in [5, 5.41) is 12.4. The zero-order valence-corrected chi connectivity index (χ0v) is 8.99. The first-order chi connectivity index (χ1) is 6.59. The Morgan fingerprint density at radius 1 is 1.36 bits per heavy atom. The van der Waals surface area contributed by atoms with Gasteiger partial charge in [-0.05, 0) is 25.0 Å². The van der Waals surface area contributed by atoms with Crippen molar-refractivity contribution in [2.45, 2.75) is 33.4 Å². The van der Waals surface area contributed by atoms with Crippen LogP contribution in [0.25, 0.3) is 0 Å². The Balaban J connectivity index is 2.42. The molecule has 78 valence electrons. The van der Waals surface area contributed by atoms with Crippen molar-refractivity contribution in [1.29, 1.82) is 0 Å². The Morgan fingerprint density at radius 2 is 2.07 bits per heavy atom. The van der Waals surface area contributed by atoms with E-state index in [1.54, 1.807) is 6.07 Å². The van der Waals surface area contributed by atoms with E-state index >= 15 is 0 Å². The third kappa shape index (κ3) is 3.34. The van der Waals surface area contributed by atoms with E-state index in [0.717, 1.165) is 12.2 Å². The van der Waals surface area contributed by atoms with Crippen molar-refractivity contribution in [1.82, 2.24) is 10.3 Å². The van der Waals surface area contributed by atoms with Crippen LogP contribution in [-0.2, 0) is 6.54 Å². The van der Waals surface area contributed by atoms with Crippen LogP contribution in [0.5, 0.6) is 5.75 Å². The van der Waals surface area contributed by atoms with Crippen LogP contribution in [0.3, 0.4) is 0 Å². The molecule has 0 aliphatic carbocycles. The molecule has 0 aliphatic rings. The number of hydrogen-bond donors (Lipinski definition) is 2. The highest BCUT2D eigenvalue weighted by molar-refractivity contribution is 5.17. The fraction of sp³-hybridized carbons (Fsp3) is 0.545. The molecule has 1 aromatic rings. The van der Waals surface area contributed by atoms with Crippen LogP contribution in [-0.4, -0.2) is 16.1 Å². The lowest BCUT2D eigenvalue weighted by Gasteiger charge is -2.16. The van der Waals surface area contributed by atoms with Crippen molar-refractivity contribution in [3.8, 4) is 5.75 Å². The van der Waals surface area contributed by atoms with E-state index in [0.29, 0.717) is 12.0 Å². The van der Waals surface area contributed by atoms with E-state index in [1.165, 1.54) is 6.20 Å². The third-order valence-electron chi connectivity index (χ3n) is 2.41. The SMILES string of the molecule is CC(C)C(C)NCc1ccc(O)cn1. The van der Waals surface area contributed by atoms with Gasteiger partial charge in [0.1, 0.15) is 5.75 Å². The molecule has 0 amide bonds. The van der Waals surface area contributed by atoms with Gasteiger partial charge in [0.05, 0.1) is 11.9 Å². The summed E-state index contributed by atoms with van der Waals surface area (Å²) in [5.41, 5.74) is 0.954. The molecule has 0 saturated heterocycles. The maximum atomic E-state index is 9.04. The standard InChI is InChI=1S/C11H18N2O/c1-8(2)9(3)12-6-10-4-5-11(14)7-13-10/h4-5,7-9,12,14H,6H2,1-3H3. The van der Waals surface area contributed by atoms with Crippen LogP contribution in [0.4, 0.5) is 0 Å². The molecule has 14 heavy (non-hydrogen) atoms. The normalized spacial score (nSPS) is 13.1. The van der Waals surface area contributed by atoms with Gasteiger partial charge >= 0.3 is 0 Å². The second-order valence-corrected chi connectivity index (χ2v) is 3.92. The smallest absolute Gasteiger partial charge is 0.133 e.